The van der Waals surface area contributed by atoms with Crippen LogP contribution in [0.25, 0.3) is 0 Å². The number of hydrogen-bond donors (Lipinski definition) is 2. The number of halogens is 1. The van der Waals surface area contributed by atoms with Crippen LogP contribution in [0.1, 0.15) is 32.6 Å². The molecule has 0 aliphatic carbocycles. The van der Waals surface area contributed by atoms with E-state index in [0.29, 0.717) is 5.92 Å². The molecule has 0 radical (unpaired) electrons. The average molecular weight is 459 g/mol. The number of nitrogens with zero attached hydrogens (tertiary/aromatic N) is 1. The predicted octanol–water partition coefficient (Wildman–Crippen LogP) is 2.75. The van der Waals surface area contributed by atoms with E-state index in [1.165, 1.54) is 18.6 Å². The molecule has 1 heterocycles. The van der Waals surface area contributed by atoms with E-state index < -0.39 is 0 Å². The van der Waals surface area contributed by atoms with Gasteiger partial charge in [-0.1, -0.05) is 0 Å². The maximum atomic E-state index is 5.69. The van der Waals surface area contributed by atoms with Gasteiger partial charge in [0.25, 0.3) is 0 Å². The number of aliphatic imine (C=N–C) groups is 1. The second-order valence-corrected chi connectivity index (χ2v) is 6.53. The van der Waals surface area contributed by atoms with Crippen LogP contribution in [0.5, 0.6) is 0 Å². The Balaban J connectivity index is 0.00000484. The van der Waals surface area contributed by atoms with Gasteiger partial charge in [0.1, 0.15) is 0 Å². The minimum absolute atomic E-state index is 0. The molecule has 1 saturated heterocycles. The van der Waals surface area contributed by atoms with Crippen LogP contribution in [0.4, 0.5) is 0 Å². The monoisotopic (exact) mass is 459 g/mol. The number of rotatable bonds is 12. The SMILES string of the molecule is CCNC(=NCCCOCC1CCOC1)NCCCCSC.I. The summed E-state index contributed by atoms with van der Waals surface area (Å²) in [6.07, 6.45) is 6.71. The van der Waals surface area contributed by atoms with Gasteiger partial charge in [0.05, 0.1) is 13.2 Å². The molecule has 138 valence electrons. The third-order valence-electron chi connectivity index (χ3n) is 3.51. The van der Waals surface area contributed by atoms with Crippen LogP contribution in [-0.2, 0) is 9.47 Å². The first kappa shape index (κ1) is 23.3. The van der Waals surface area contributed by atoms with Crippen molar-refractivity contribution in [2.24, 2.45) is 10.9 Å². The summed E-state index contributed by atoms with van der Waals surface area (Å²) in [5.74, 6) is 2.76. The third kappa shape index (κ3) is 13.3. The molecule has 0 aromatic rings. The van der Waals surface area contributed by atoms with Crippen molar-refractivity contribution in [1.82, 2.24) is 10.6 Å². The van der Waals surface area contributed by atoms with Crippen LogP contribution in [0, 0.1) is 5.92 Å². The van der Waals surface area contributed by atoms with Gasteiger partial charge in [-0.05, 0) is 44.6 Å². The molecule has 0 aromatic carbocycles. The second-order valence-electron chi connectivity index (χ2n) is 5.55. The van der Waals surface area contributed by atoms with Crippen LogP contribution in [-0.4, -0.2) is 64.0 Å². The van der Waals surface area contributed by atoms with E-state index >= 15 is 0 Å². The summed E-state index contributed by atoms with van der Waals surface area (Å²) in [4.78, 5) is 4.59. The first-order valence-corrected chi connectivity index (χ1v) is 9.92. The Kier molecular flexibility index (Phi) is 17.3. The van der Waals surface area contributed by atoms with Gasteiger partial charge < -0.3 is 20.1 Å². The molecule has 0 aromatic heterocycles. The second kappa shape index (κ2) is 17.1. The standard InChI is InChI=1S/C16H33N3O2S.HI/c1-3-17-16(18-8-4-5-12-22-2)19-9-6-10-20-13-15-7-11-21-14-15;/h15H,3-14H2,1-2H3,(H2,17,18,19);1H. The number of nitrogens with one attached hydrogen (secondary N) is 2. The molecule has 1 fully saturated rings. The zero-order valence-corrected chi connectivity index (χ0v) is 17.8. The zero-order chi connectivity index (χ0) is 15.9. The number of ether oxygens (including phenoxy) is 2. The Morgan fingerprint density at radius 3 is 2.87 bits per heavy atom. The van der Waals surface area contributed by atoms with Gasteiger partial charge in [-0.15, -0.1) is 24.0 Å². The quantitative estimate of drug-likeness (QED) is 0.204. The van der Waals surface area contributed by atoms with Crippen molar-refractivity contribution in [3.8, 4) is 0 Å². The molecule has 0 amide bonds. The van der Waals surface area contributed by atoms with Crippen molar-refractivity contribution in [3.05, 3.63) is 0 Å². The number of hydrogen-bond acceptors (Lipinski definition) is 4. The lowest BCUT2D eigenvalue weighted by atomic mass is 10.1. The maximum Gasteiger partial charge on any atom is 0.191 e. The van der Waals surface area contributed by atoms with E-state index in [1.807, 2.05) is 11.8 Å². The average Bonchev–Trinajstić information content (AvgIpc) is 3.03. The lowest BCUT2D eigenvalue weighted by molar-refractivity contribution is 0.0893. The molecule has 1 rings (SSSR count). The van der Waals surface area contributed by atoms with Crippen molar-refractivity contribution < 1.29 is 9.47 Å². The van der Waals surface area contributed by atoms with Crippen molar-refractivity contribution >= 4 is 41.7 Å². The fraction of sp³-hybridized carbons (Fsp3) is 0.938. The molecule has 0 spiro atoms. The zero-order valence-electron chi connectivity index (χ0n) is 14.6. The van der Waals surface area contributed by atoms with E-state index in [0.717, 1.165) is 64.9 Å². The van der Waals surface area contributed by atoms with Gasteiger partial charge in [-0.3, -0.25) is 4.99 Å². The predicted molar refractivity (Wildman–Crippen MR) is 111 cm³/mol. The molecule has 0 bridgehead atoms. The fourth-order valence-electron chi connectivity index (χ4n) is 2.24. The Hall–Kier alpha value is 0.270. The van der Waals surface area contributed by atoms with Crippen LogP contribution < -0.4 is 10.6 Å². The van der Waals surface area contributed by atoms with Crippen LogP contribution in [0.3, 0.4) is 0 Å². The Morgan fingerprint density at radius 2 is 2.17 bits per heavy atom. The van der Waals surface area contributed by atoms with Crippen molar-refractivity contribution in [3.63, 3.8) is 0 Å². The molecule has 5 nitrogen and oxygen atoms in total. The maximum absolute atomic E-state index is 5.69. The van der Waals surface area contributed by atoms with Gasteiger partial charge in [0, 0.05) is 38.8 Å². The van der Waals surface area contributed by atoms with E-state index in [4.69, 9.17) is 9.47 Å². The van der Waals surface area contributed by atoms with Crippen molar-refractivity contribution in [2.45, 2.75) is 32.6 Å². The summed E-state index contributed by atoms with van der Waals surface area (Å²) in [6, 6.07) is 0. The molecule has 0 saturated carbocycles. The summed E-state index contributed by atoms with van der Waals surface area (Å²) < 4.78 is 11.0. The first-order chi connectivity index (χ1) is 10.9. The molecule has 2 N–H and O–H groups in total. The van der Waals surface area contributed by atoms with Gasteiger partial charge in [-0.25, -0.2) is 0 Å². The topological polar surface area (TPSA) is 54.9 Å². The smallest absolute Gasteiger partial charge is 0.191 e. The molecule has 23 heavy (non-hydrogen) atoms. The molecular formula is C16H34IN3O2S. The highest BCUT2D eigenvalue weighted by Crippen LogP contribution is 2.12. The Morgan fingerprint density at radius 1 is 1.30 bits per heavy atom. The molecule has 1 aliphatic rings. The lowest BCUT2D eigenvalue weighted by Gasteiger charge is -2.11. The summed E-state index contributed by atoms with van der Waals surface area (Å²) in [5.41, 5.74) is 0. The minimum Gasteiger partial charge on any atom is -0.381 e. The van der Waals surface area contributed by atoms with E-state index in [1.54, 1.807) is 0 Å². The molecule has 1 aliphatic heterocycles. The minimum atomic E-state index is 0. The summed E-state index contributed by atoms with van der Waals surface area (Å²) in [5, 5.41) is 6.67. The van der Waals surface area contributed by atoms with E-state index in [2.05, 4.69) is 28.8 Å². The van der Waals surface area contributed by atoms with Crippen molar-refractivity contribution in [2.75, 3.05) is 58.1 Å². The number of guanidine groups is 1. The van der Waals surface area contributed by atoms with Gasteiger partial charge in [0.2, 0.25) is 0 Å². The molecule has 7 heteroatoms. The lowest BCUT2D eigenvalue weighted by Crippen LogP contribution is -2.38. The van der Waals surface area contributed by atoms with Gasteiger partial charge in [0.15, 0.2) is 5.96 Å². The number of unbranched alkanes of at least 4 members (excludes halogenated alkanes) is 1. The van der Waals surface area contributed by atoms with Crippen LogP contribution in [0.15, 0.2) is 4.99 Å². The largest absolute Gasteiger partial charge is 0.381 e. The normalized spacial score (nSPS) is 17.8. The van der Waals surface area contributed by atoms with Crippen LogP contribution >= 0.6 is 35.7 Å². The summed E-state index contributed by atoms with van der Waals surface area (Å²) >= 11 is 1.91. The molecular weight excluding hydrogens is 425 g/mol. The third-order valence-corrected chi connectivity index (χ3v) is 4.20. The molecule has 1 atom stereocenters. The summed E-state index contributed by atoms with van der Waals surface area (Å²) in [7, 11) is 0. The van der Waals surface area contributed by atoms with Crippen LogP contribution in [0.2, 0.25) is 0 Å². The van der Waals surface area contributed by atoms with E-state index in [-0.39, 0.29) is 24.0 Å². The Labute approximate surface area is 163 Å². The number of thioether (sulfide) groups is 1. The van der Waals surface area contributed by atoms with Crippen molar-refractivity contribution in [1.29, 1.82) is 0 Å². The Bertz CT molecular complexity index is 290. The van der Waals surface area contributed by atoms with Gasteiger partial charge in [-0.2, -0.15) is 11.8 Å². The van der Waals surface area contributed by atoms with E-state index in [9.17, 15) is 0 Å². The van der Waals surface area contributed by atoms with Gasteiger partial charge >= 0.3 is 0 Å². The first-order valence-electron chi connectivity index (χ1n) is 8.53. The highest BCUT2D eigenvalue weighted by Gasteiger charge is 2.14. The fourth-order valence-corrected chi connectivity index (χ4v) is 2.73. The summed E-state index contributed by atoms with van der Waals surface area (Å²) in [6.45, 7) is 8.17. The molecule has 1 unspecified atom stereocenters. The highest BCUT2D eigenvalue weighted by molar-refractivity contribution is 14.0. The highest BCUT2D eigenvalue weighted by atomic mass is 127.